The lowest BCUT2D eigenvalue weighted by Gasteiger charge is -2.39. The van der Waals surface area contributed by atoms with Crippen molar-refractivity contribution in [1.29, 1.82) is 0 Å². The number of amides is 1. The van der Waals surface area contributed by atoms with E-state index in [1.54, 1.807) is 24.0 Å². The van der Waals surface area contributed by atoms with E-state index in [1.165, 1.54) is 12.1 Å². The minimum absolute atomic E-state index is 0.00482. The number of likely N-dealkylation sites (tertiary alicyclic amines) is 1. The molecule has 0 aliphatic carbocycles. The third-order valence-corrected chi connectivity index (χ3v) is 5.71. The van der Waals surface area contributed by atoms with Crippen LogP contribution in [-0.4, -0.2) is 72.1 Å². The topological polar surface area (TPSA) is 64.1 Å². The summed E-state index contributed by atoms with van der Waals surface area (Å²) < 4.78 is 13.1. The molecule has 2 aliphatic rings. The highest BCUT2D eigenvalue weighted by atomic mass is 19.1. The van der Waals surface area contributed by atoms with Gasteiger partial charge < -0.3 is 14.9 Å². The van der Waals surface area contributed by atoms with Crippen LogP contribution in [0.5, 0.6) is 0 Å². The molecule has 0 aromatic heterocycles. The predicted octanol–water partition coefficient (Wildman–Crippen LogP) is 1.66. The zero-order chi connectivity index (χ0) is 18.9. The number of halogens is 1. The summed E-state index contributed by atoms with van der Waals surface area (Å²) >= 11 is 0. The predicted molar refractivity (Wildman–Crippen MR) is 96.6 cm³/mol. The van der Waals surface area contributed by atoms with Crippen LogP contribution in [0.1, 0.15) is 20.3 Å². The molecule has 2 unspecified atom stereocenters. The standard InChI is InChI=1S/C19H26FN3O3/c1-14(17(24)23-8-7-19(2,13-23)18(25)26)21-9-11-22(12-10-21)16-5-3-15(20)4-6-16/h3-6,14H,7-13H2,1-2H3,(H,25,26). The number of benzene rings is 1. The van der Waals surface area contributed by atoms with E-state index in [2.05, 4.69) is 9.80 Å². The normalized spacial score (nSPS) is 25.3. The molecular weight excluding hydrogens is 337 g/mol. The quantitative estimate of drug-likeness (QED) is 0.881. The average molecular weight is 363 g/mol. The molecule has 1 N–H and O–H groups in total. The van der Waals surface area contributed by atoms with Crippen molar-refractivity contribution in [3.05, 3.63) is 30.1 Å². The lowest BCUT2D eigenvalue weighted by molar-refractivity contribution is -0.147. The summed E-state index contributed by atoms with van der Waals surface area (Å²) in [6.07, 6.45) is 0.499. The number of anilines is 1. The summed E-state index contributed by atoms with van der Waals surface area (Å²) in [5.41, 5.74) is 0.151. The van der Waals surface area contributed by atoms with Gasteiger partial charge in [-0.2, -0.15) is 0 Å². The average Bonchev–Trinajstić information content (AvgIpc) is 3.05. The maximum atomic E-state index is 13.1. The first-order chi connectivity index (χ1) is 12.3. The zero-order valence-corrected chi connectivity index (χ0v) is 15.3. The van der Waals surface area contributed by atoms with Crippen molar-refractivity contribution in [2.75, 3.05) is 44.2 Å². The smallest absolute Gasteiger partial charge is 0.311 e. The molecule has 1 aromatic carbocycles. The van der Waals surface area contributed by atoms with Gasteiger partial charge in [-0.1, -0.05) is 0 Å². The van der Waals surface area contributed by atoms with Gasteiger partial charge in [0.2, 0.25) is 5.91 Å². The van der Waals surface area contributed by atoms with E-state index in [9.17, 15) is 19.1 Å². The Morgan fingerprint density at radius 1 is 1.12 bits per heavy atom. The Hall–Kier alpha value is -2.15. The molecule has 2 atom stereocenters. The van der Waals surface area contributed by atoms with Crippen LogP contribution in [0.15, 0.2) is 24.3 Å². The Morgan fingerprint density at radius 3 is 2.27 bits per heavy atom. The van der Waals surface area contributed by atoms with Gasteiger partial charge in [0, 0.05) is 45.0 Å². The van der Waals surface area contributed by atoms with Crippen molar-refractivity contribution in [2.24, 2.45) is 5.41 Å². The fourth-order valence-corrected chi connectivity index (χ4v) is 3.76. The van der Waals surface area contributed by atoms with Gasteiger partial charge in [-0.3, -0.25) is 14.5 Å². The summed E-state index contributed by atoms with van der Waals surface area (Å²) in [6.45, 7) is 7.42. The van der Waals surface area contributed by atoms with Gasteiger partial charge in [-0.25, -0.2) is 4.39 Å². The lowest BCUT2D eigenvalue weighted by Crippen LogP contribution is -2.54. The molecule has 26 heavy (non-hydrogen) atoms. The van der Waals surface area contributed by atoms with Crippen LogP contribution in [0.2, 0.25) is 0 Å². The molecule has 2 aliphatic heterocycles. The number of carbonyl (C=O) groups excluding carboxylic acids is 1. The van der Waals surface area contributed by atoms with Gasteiger partial charge in [-0.15, -0.1) is 0 Å². The Kier molecular flexibility index (Phi) is 5.18. The molecule has 7 heteroatoms. The van der Waals surface area contributed by atoms with Gasteiger partial charge in [0.05, 0.1) is 11.5 Å². The molecule has 0 bridgehead atoms. The van der Waals surface area contributed by atoms with E-state index in [1.807, 2.05) is 6.92 Å². The molecule has 142 valence electrons. The number of carbonyl (C=O) groups is 2. The fourth-order valence-electron chi connectivity index (χ4n) is 3.76. The Labute approximate surface area is 153 Å². The molecule has 2 fully saturated rings. The van der Waals surface area contributed by atoms with Crippen molar-refractivity contribution in [3.63, 3.8) is 0 Å². The lowest BCUT2D eigenvalue weighted by atomic mass is 9.90. The van der Waals surface area contributed by atoms with Gasteiger partial charge in [-0.05, 0) is 44.5 Å². The van der Waals surface area contributed by atoms with Crippen LogP contribution in [-0.2, 0) is 9.59 Å². The van der Waals surface area contributed by atoms with Gasteiger partial charge >= 0.3 is 5.97 Å². The fraction of sp³-hybridized carbons (Fsp3) is 0.579. The summed E-state index contributed by atoms with van der Waals surface area (Å²) in [4.78, 5) is 30.2. The maximum absolute atomic E-state index is 13.1. The number of carboxylic acid groups (broad SMARTS) is 1. The number of hydrogen-bond acceptors (Lipinski definition) is 4. The third kappa shape index (κ3) is 3.67. The highest BCUT2D eigenvalue weighted by Crippen LogP contribution is 2.31. The number of nitrogens with zero attached hydrogens (tertiary/aromatic N) is 3. The molecule has 0 radical (unpaired) electrons. The van der Waals surface area contributed by atoms with Crippen LogP contribution in [0.3, 0.4) is 0 Å². The minimum Gasteiger partial charge on any atom is -0.481 e. The number of carboxylic acids is 1. The first kappa shape index (κ1) is 18.6. The second kappa shape index (κ2) is 7.23. The van der Waals surface area contributed by atoms with Crippen LogP contribution in [0.25, 0.3) is 0 Å². The largest absolute Gasteiger partial charge is 0.481 e. The van der Waals surface area contributed by atoms with Gasteiger partial charge in [0.25, 0.3) is 0 Å². The summed E-state index contributed by atoms with van der Waals surface area (Å²) in [7, 11) is 0. The Bertz CT molecular complexity index is 673. The van der Waals surface area contributed by atoms with Crippen molar-refractivity contribution >= 4 is 17.6 Å². The van der Waals surface area contributed by atoms with E-state index < -0.39 is 11.4 Å². The molecule has 1 amide bonds. The van der Waals surface area contributed by atoms with E-state index in [0.717, 1.165) is 31.9 Å². The summed E-state index contributed by atoms with van der Waals surface area (Å²) in [6, 6.07) is 6.20. The highest BCUT2D eigenvalue weighted by Gasteiger charge is 2.43. The Morgan fingerprint density at radius 2 is 1.73 bits per heavy atom. The SMILES string of the molecule is CC(C(=O)N1CCC(C)(C(=O)O)C1)N1CCN(c2ccc(F)cc2)CC1. The molecular formula is C19H26FN3O3. The van der Waals surface area contributed by atoms with Crippen LogP contribution in [0.4, 0.5) is 10.1 Å². The van der Waals surface area contributed by atoms with E-state index in [-0.39, 0.29) is 24.3 Å². The summed E-state index contributed by atoms with van der Waals surface area (Å²) in [5, 5.41) is 9.34. The molecule has 6 nitrogen and oxygen atoms in total. The highest BCUT2D eigenvalue weighted by molar-refractivity contribution is 5.84. The maximum Gasteiger partial charge on any atom is 0.311 e. The number of aliphatic carboxylic acids is 1. The second-order valence-corrected chi connectivity index (χ2v) is 7.55. The van der Waals surface area contributed by atoms with Crippen LogP contribution >= 0.6 is 0 Å². The van der Waals surface area contributed by atoms with Crippen LogP contribution in [0, 0.1) is 11.2 Å². The van der Waals surface area contributed by atoms with Gasteiger partial charge in [0.15, 0.2) is 0 Å². The number of piperazine rings is 1. The van der Waals surface area contributed by atoms with Crippen molar-refractivity contribution < 1.29 is 19.1 Å². The molecule has 2 heterocycles. The molecule has 0 spiro atoms. The zero-order valence-electron chi connectivity index (χ0n) is 15.3. The molecule has 1 aromatic rings. The molecule has 3 rings (SSSR count). The van der Waals surface area contributed by atoms with Crippen molar-refractivity contribution in [1.82, 2.24) is 9.80 Å². The van der Waals surface area contributed by atoms with E-state index in [0.29, 0.717) is 13.0 Å². The minimum atomic E-state index is -0.839. The first-order valence-electron chi connectivity index (χ1n) is 9.07. The number of hydrogen-bond donors (Lipinski definition) is 1. The summed E-state index contributed by atoms with van der Waals surface area (Å²) in [5.74, 6) is -1.08. The Balaban J connectivity index is 1.55. The van der Waals surface area contributed by atoms with Crippen LogP contribution < -0.4 is 4.90 Å². The second-order valence-electron chi connectivity index (χ2n) is 7.55. The molecule has 0 saturated carbocycles. The van der Waals surface area contributed by atoms with Crippen molar-refractivity contribution in [3.8, 4) is 0 Å². The third-order valence-electron chi connectivity index (χ3n) is 5.71. The monoisotopic (exact) mass is 363 g/mol. The first-order valence-corrected chi connectivity index (χ1v) is 9.07. The van der Waals surface area contributed by atoms with Gasteiger partial charge in [0.1, 0.15) is 5.82 Å². The molecule has 2 saturated heterocycles. The van der Waals surface area contributed by atoms with E-state index >= 15 is 0 Å². The number of rotatable bonds is 4. The van der Waals surface area contributed by atoms with E-state index in [4.69, 9.17) is 0 Å². The van der Waals surface area contributed by atoms with Crippen molar-refractivity contribution in [2.45, 2.75) is 26.3 Å².